The molecule has 21 heavy (non-hydrogen) atoms. The van der Waals surface area contributed by atoms with E-state index in [-0.39, 0.29) is 11.9 Å². The smallest absolute Gasteiger partial charge is 0.237 e. The molecular weight excluding hydrogens is 264 g/mol. The predicted molar refractivity (Wildman–Crippen MR) is 84.9 cm³/mol. The van der Waals surface area contributed by atoms with Gasteiger partial charge in [0.25, 0.3) is 0 Å². The number of methoxy groups -OCH3 is 1. The second-order valence-corrected chi connectivity index (χ2v) is 5.75. The van der Waals surface area contributed by atoms with Gasteiger partial charge in [-0.15, -0.1) is 0 Å². The van der Waals surface area contributed by atoms with Gasteiger partial charge in [0.1, 0.15) is 5.75 Å². The average Bonchev–Trinajstić information content (AvgIpc) is 2.50. The topological polar surface area (TPSA) is 50.4 Å². The van der Waals surface area contributed by atoms with Gasteiger partial charge in [-0.3, -0.25) is 4.79 Å². The van der Waals surface area contributed by atoms with E-state index >= 15 is 0 Å². The largest absolute Gasteiger partial charge is 0.496 e. The number of amides is 1. The van der Waals surface area contributed by atoms with Gasteiger partial charge < -0.3 is 15.4 Å². The Morgan fingerprint density at radius 1 is 1.43 bits per heavy atom. The summed E-state index contributed by atoms with van der Waals surface area (Å²) >= 11 is 0. The molecule has 1 fully saturated rings. The van der Waals surface area contributed by atoms with Crippen LogP contribution in [0, 0.1) is 13.8 Å². The van der Waals surface area contributed by atoms with E-state index in [1.807, 2.05) is 6.92 Å². The van der Waals surface area contributed by atoms with Crippen LogP contribution in [0.2, 0.25) is 0 Å². The Morgan fingerprint density at radius 3 is 2.86 bits per heavy atom. The van der Waals surface area contributed by atoms with Crippen molar-refractivity contribution < 1.29 is 9.53 Å². The fraction of sp³-hybridized carbons (Fsp3) is 0.588. The maximum absolute atomic E-state index is 12.0. The number of carbonyl (C=O) groups is 1. The molecule has 2 atom stereocenters. The highest BCUT2D eigenvalue weighted by molar-refractivity contribution is 5.81. The number of carbonyl (C=O) groups excluding carboxylic acids is 1. The van der Waals surface area contributed by atoms with Crippen molar-refractivity contribution in [1.29, 1.82) is 0 Å². The Balaban J connectivity index is 2.22. The minimum atomic E-state index is -0.102. The highest BCUT2D eigenvalue weighted by atomic mass is 16.5. The van der Waals surface area contributed by atoms with Crippen molar-refractivity contribution in [2.45, 2.75) is 45.6 Å². The SMILES string of the molecule is CCNC(=O)C1CC(c2ccc(C)c(C)c2OC)CCN1. The van der Waals surface area contributed by atoms with E-state index in [0.29, 0.717) is 12.5 Å². The molecule has 2 N–H and O–H groups in total. The van der Waals surface area contributed by atoms with Crippen LogP contribution < -0.4 is 15.4 Å². The van der Waals surface area contributed by atoms with Crippen LogP contribution in [0.1, 0.15) is 42.4 Å². The average molecular weight is 290 g/mol. The van der Waals surface area contributed by atoms with Crippen LogP contribution in [-0.2, 0) is 4.79 Å². The van der Waals surface area contributed by atoms with Crippen molar-refractivity contribution in [2.75, 3.05) is 20.2 Å². The molecule has 0 saturated carbocycles. The number of likely N-dealkylation sites (N-methyl/N-ethyl adjacent to an activating group) is 1. The highest BCUT2D eigenvalue weighted by Gasteiger charge is 2.29. The van der Waals surface area contributed by atoms with Gasteiger partial charge >= 0.3 is 0 Å². The van der Waals surface area contributed by atoms with E-state index in [9.17, 15) is 4.79 Å². The first kappa shape index (κ1) is 15.8. The van der Waals surface area contributed by atoms with E-state index < -0.39 is 0 Å². The number of piperidine rings is 1. The van der Waals surface area contributed by atoms with Gasteiger partial charge in [0.15, 0.2) is 0 Å². The Morgan fingerprint density at radius 2 is 2.19 bits per heavy atom. The molecule has 1 amide bonds. The Bertz CT molecular complexity index is 514. The zero-order chi connectivity index (χ0) is 15.4. The first-order chi connectivity index (χ1) is 10.1. The molecule has 1 aromatic carbocycles. The Labute approximate surface area is 127 Å². The van der Waals surface area contributed by atoms with Gasteiger partial charge in [0.05, 0.1) is 13.2 Å². The number of benzene rings is 1. The molecule has 4 heteroatoms. The van der Waals surface area contributed by atoms with Crippen molar-refractivity contribution in [3.8, 4) is 5.75 Å². The molecule has 1 aliphatic rings. The van der Waals surface area contributed by atoms with Gasteiger partial charge in [-0.1, -0.05) is 12.1 Å². The molecule has 4 nitrogen and oxygen atoms in total. The second-order valence-electron chi connectivity index (χ2n) is 5.75. The summed E-state index contributed by atoms with van der Waals surface area (Å²) in [5.41, 5.74) is 3.67. The molecule has 1 aromatic rings. The molecule has 0 spiro atoms. The molecule has 0 bridgehead atoms. The van der Waals surface area contributed by atoms with Crippen molar-refractivity contribution >= 4 is 5.91 Å². The predicted octanol–water partition coefficient (Wildman–Crippen LogP) is 2.28. The number of rotatable bonds is 4. The monoisotopic (exact) mass is 290 g/mol. The summed E-state index contributed by atoms with van der Waals surface area (Å²) in [6.45, 7) is 7.68. The molecule has 1 aliphatic heterocycles. The van der Waals surface area contributed by atoms with Gasteiger partial charge in [0, 0.05) is 6.54 Å². The van der Waals surface area contributed by atoms with Crippen molar-refractivity contribution in [1.82, 2.24) is 10.6 Å². The summed E-state index contributed by atoms with van der Waals surface area (Å²) in [6, 6.07) is 4.21. The number of hydrogen-bond acceptors (Lipinski definition) is 3. The number of nitrogens with one attached hydrogen (secondary N) is 2. The van der Waals surface area contributed by atoms with Crippen molar-refractivity contribution in [3.05, 3.63) is 28.8 Å². The lowest BCUT2D eigenvalue weighted by Crippen LogP contribution is -2.48. The fourth-order valence-electron chi connectivity index (χ4n) is 3.10. The first-order valence-electron chi connectivity index (χ1n) is 7.73. The number of aryl methyl sites for hydroxylation is 1. The van der Waals surface area contributed by atoms with Gasteiger partial charge in [-0.25, -0.2) is 0 Å². The van der Waals surface area contributed by atoms with Gasteiger partial charge in [-0.05, 0) is 62.8 Å². The van der Waals surface area contributed by atoms with Crippen molar-refractivity contribution in [2.24, 2.45) is 0 Å². The molecule has 0 aliphatic carbocycles. The third kappa shape index (κ3) is 3.38. The molecule has 0 aromatic heterocycles. The fourth-order valence-corrected chi connectivity index (χ4v) is 3.10. The van der Waals surface area contributed by atoms with Crippen LogP contribution in [0.3, 0.4) is 0 Å². The molecule has 116 valence electrons. The van der Waals surface area contributed by atoms with E-state index in [1.165, 1.54) is 16.7 Å². The first-order valence-corrected chi connectivity index (χ1v) is 7.73. The zero-order valence-electron chi connectivity index (χ0n) is 13.5. The minimum Gasteiger partial charge on any atom is -0.496 e. The third-order valence-electron chi connectivity index (χ3n) is 4.42. The summed E-state index contributed by atoms with van der Waals surface area (Å²) in [4.78, 5) is 12.0. The normalized spacial score (nSPS) is 21.9. The molecular formula is C17H26N2O2. The zero-order valence-corrected chi connectivity index (χ0v) is 13.5. The van der Waals surface area contributed by atoms with E-state index in [1.54, 1.807) is 7.11 Å². The molecule has 1 saturated heterocycles. The summed E-state index contributed by atoms with van der Waals surface area (Å²) in [7, 11) is 1.73. The lowest BCUT2D eigenvalue weighted by molar-refractivity contribution is -0.123. The maximum Gasteiger partial charge on any atom is 0.237 e. The quantitative estimate of drug-likeness (QED) is 0.894. The Hall–Kier alpha value is -1.55. The van der Waals surface area contributed by atoms with Gasteiger partial charge in [-0.2, -0.15) is 0 Å². The van der Waals surface area contributed by atoms with Crippen LogP contribution in [0.25, 0.3) is 0 Å². The van der Waals surface area contributed by atoms with Crippen LogP contribution in [-0.4, -0.2) is 32.1 Å². The van der Waals surface area contributed by atoms with E-state index in [2.05, 4.69) is 36.6 Å². The summed E-state index contributed by atoms with van der Waals surface area (Å²) < 4.78 is 5.63. The summed E-state index contributed by atoms with van der Waals surface area (Å²) in [5, 5.41) is 6.22. The van der Waals surface area contributed by atoms with Crippen LogP contribution >= 0.6 is 0 Å². The number of ether oxygens (including phenoxy) is 1. The van der Waals surface area contributed by atoms with Crippen LogP contribution in [0.5, 0.6) is 5.75 Å². The van der Waals surface area contributed by atoms with Gasteiger partial charge in [0.2, 0.25) is 5.91 Å². The molecule has 2 rings (SSSR count). The molecule has 1 heterocycles. The molecule has 0 radical (unpaired) electrons. The number of hydrogen-bond donors (Lipinski definition) is 2. The Kier molecular flexibility index (Phi) is 5.23. The molecule has 2 unspecified atom stereocenters. The standard InChI is InChI=1S/C17H26N2O2/c1-5-18-17(20)15-10-13(8-9-19-15)14-7-6-11(2)12(3)16(14)21-4/h6-7,13,15,19H,5,8-10H2,1-4H3,(H,18,20). The van der Waals surface area contributed by atoms with Crippen LogP contribution in [0.4, 0.5) is 0 Å². The lowest BCUT2D eigenvalue weighted by Gasteiger charge is -2.31. The maximum atomic E-state index is 12.0. The third-order valence-corrected chi connectivity index (χ3v) is 4.42. The van der Waals surface area contributed by atoms with E-state index in [4.69, 9.17) is 4.74 Å². The van der Waals surface area contributed by atoms with E-state index in [0.717, 1.165) is 25.1 Å². The second kappa shape index (κ2) is 6.94. The summed E-state index contributed by atoms with van der Waals surface area (Å²) in [5.74, 6) is 1.45. The van der Waals surface area contributed by atoms with Crippen molar-refractivity contribution in [3.63, 3.8) is 0 Å². The van der Waals surface area contributed by atoms with Crippen LogP contribution in [0.15, 0.2) is 12.1 Å². The lowest BCUT2D eigenvalue weighted by atomic mass is 9.84. The summed E-state index contributed by atoms with van der Waals surface area (Å²) in [6.07, 6.45) is 1.86. The minimum absolute atomic E-state index is 0.102. The highest BCUT2D eigenvalue weighted by Crippen LogP contribution is 2.37.